The Balaban J connectivity index is 1.96. The number of ether oxygens (including phenoxy) is 3. The van der Waals surface area contributed by atoms with E-state index in [0.29, 0.717) is 17.4 Å². The monoisotopic (exact) mass is 405 g/mol. The molecule has 0 radical (unpaired) electrons. The molecule has 1 atom stereocenters. The lowest BCUT2D eigenvalue weighted by Crippen LogP contribution is -2.38. The van der Waals surface area contributed by atoms with E-state index in [1.165, 1.54) is 0 Å². The fraction of sp³-hybridized carbons (Fsp3) is 0.476. The number of halogens is 1. The van der Waals surface area contributed by atoms with Gasteiger partial charge >= 0.3 is 0 Å². The summed E-state index contributed by atoms with van der Waals surface area (Å²) in [5, 5.41) is 0.658. The normalized spacial score (nSPS) is 16.0. The highest BCUT2D eigenvalue weighted by atomic mass is 35.5. The Morgan fingerprint density at radius 2 is 2.04 bits per heavy atom. The summed E-state index contributed by atoms with van der Waals surface area (Å²) in [6, 6.07) is 3.63. The molecule has 6 nitrogen and oxygen atoms in total. The number of nitrogens with two attached hydrogens (primary N) is 1. The second-order valence-electron chi connectivity index (χ2n) is 6.98. The summed E-state index contributed by atoms with van der Waals surface area (Å²) >= 11 is 6.53. The molecule has 7 heteroatoms. The van der Waals surface area contributed by atoms with E-state index in [4.69, 9.17) is 31.5 Å². The summed E-state index contributed by atoms with van der Waals surface area (Å²) in [6.45, 7) is 8.70. The smallest absolute Gasteiger partial charge is 0.137 e. The first kappa shape index (κ1) is 20.9. The van der Waals surface area contributed by atoms with Gasteiger partial charge in [-0.2, -0.15) is 0 Å². The molecule has 1 aliphatic rings. The summed E-state index contributed by atoms with van der Waals surface area (Å²) in [6.07, 6.45) is 3.47. The zero-order valence-electron chi connectivity index (χ0n) is 16.7. The number of hydrogen-bond acceptors (Lipinski definition) is 6. The van der Waals surface area contributed by atoms with E-state index in [0.717, 1.165) is 60.9 Å². The molecule has 1 aromatic heterocycles. The first-order valence-corrected chi connectivity index (χ1v) is 9.90. The molecule has 0 aliphatic carbocycles. The molecule has 1 fully saturated rings. The topological polar surface area (TPSA) is 69.8 Å². The fourth-order valence-corrected chi connectivity index (χ4v) is 3.57. The van der Waals surface area contributed by atoms with Crippen molar-refractivity contribution in [3.8, 4) is 22.6 Å². The van der Waals surface area contributed by atoms with Crippen LogP contribution in [0.1, 0.15) is 24.1 Å². The zero-order valence-corrected chi connectivity index (χ0v) is 17.5. The Bertz CT molecular complexity index is 808. The number of hydrogen-bond donors (Lipinski definition) is 1. The van der Waals surface area contributed by atoms with Crippen LogP contribution in [0.3, 0.4) is 0 Å². The van der Waals surface area contributed by atoms with Crippen molar-refractivity contribution in [3.05, 3.63) is 40.7 Å². The van der Waals surface area contributed by atoms with E-state index in [1.807, 2.05) is 26.0 Å². The minimum Gasteiger partial charge on any atom is -0.495 e. The van der Waals surface area contributed by atoms with Crippen LogP contribution in [-0.4, -0.2) is 56.4 Å². The maximum atomic E-state index is 6.53. The van der Waals surface area contributed by atoms with Gasteiger partial charge in [0.05, 0.1) is 26.5 Å². The van der Waals surface area contributed by atoms with Gasteiger partial charge in [-0.05, 0) is 31.5 Å². The van der Waals surface area contributed by atoms with Crippen LogP contribution in [0, 0.1) is 6.92 Å². The van der Waals surface area contributed by atoms with E-state index in [1.54, 1.807) is 19.5 Å². The third-order valence-electron chi connectivity index (χ3n) is 4.99. The van der Waals surface area contributed by atoms with Crippen molar-refractivity contribution in [3.63, 3.8) is 0 Å². The first-order valence-electron chi connectivity index (χ1n) is 9.52. The highest BCUT2D eigenvalue weighted by Crippen LogP contribution is 2.42. The summed E-state index contributed by atoms with van der Waals surface area (Å²) in [5.74, 6) is 1.44. The lowest BCUT2D eigenvalue weighted by atomic mass is 9.95. The van der Waals surface area contributed by atoms with Crippen molar-refractivity contribution in [2.45, 2.75) is 19.9 Å². The fourth-order valence-electron chi connectivity index (χ4n) is 3.35. The molecule has 0 bridgehead atoms. The third kappa shape index (κ3) is 4.75. The average molecular weight is 406 g/mol. The van der Waals surface area contributed by atoms with Gasteiger partial charge in [-0.1, -0.05) is 11.6 Å². The largest absolute Gasteiger partial charge is 0.495 e. The van der Waals surface area contributed by atoms with Crippen molar-refractivity contribution in [1.82, 2.24) is 9.88 Å². The first-order chi connectivity index (χ1) is 13.5. The van der Waals surface area contributed by atoms with Gasteiger partial charge in [-0.15, -0.1) is 0 Å². The van der Waals surface area contributed by atoms with Gasteiger partial charge in [0.1, 0.15) is 18.1 Å². The molecule has 0 spiro atoms. The maximum Gasteiger partial charge on any atom is 0.137 e. The van der Waals surface area contributed by atoms with Crippen molar-refractivity contribution in [2.75, 3.05) is 46.6 Å². The minimum atomic E-state index is -0.214. The van der Waals surface area contributed by atoms with Gasteiger partial charge in [0.2, 0.25) is 0 Å². The molecule has 152 valence electrons. The van der Waals surface area contributed by atoms with Crippen molar-refractivity contribution in [1.29, 1.82) is 0 Å². The van der Waals surface area contributed by atoms with E-state index in [-0.39, 0.29) is 6.04 Å². The summed E-state index contributed by atoms with van der Waals surface area (Å²) in [4.78, 5) is 6.63. The van der Waals surface area contributed by atoms with Crippen LogP contribution in [0.5, 0.6) is 11.5 Å². The molecule has 2 N–H and O–H groups in total. The van der Waals surface area contributed by atoms with Crippen molar-refractivity contribution >= 4 is 11.6 Å². The second kappa shape index (κ2) is 9.56. The molecule has 3 rings (SSSR count). The molecule has 0 saturated carbocycles. The molecule has 28 heavy (non-hydrogen) atoms. The lowest BCUT2D eigenvalue weighted by Gasteiger charge is -2.27. The van der Waals surface area contributed by atoms with Crippen LogP contribution in [0.2, 0.25) is 5.02 Å². The molecule has 1 aromatic carbocycles. The Labute approximate surface area is 171 Å². The van der Waals surface area contributed by atoms with Gasteiger partial charge in [-0.25, -0.2) is 0 Å². The minimum absolute atomic E-state index is 0.214. The highest BCUT2D eigenvalue weighted by molar-refractivity contribution is 6.32. The number of morpholine rings is 1. The van der Waals surface area contributed by atoms with Crippen molar-refractivity contribution < 1.29 is 14.2 Å². The number of pyridine rings is 1. The number of aromatic nitrogens is 1. The molecular formula is C21H28ClN3O3. The highest BCUT2D eigenvalue weighted by Gasteiger charge is 2.21. The second-order valence-corrected chi connectivity index (χ2v) is 7.39. The maximum absolute atomic E-state index is 6.53. The van der Waals surface area contributed by atoms with Crippen LogP contribution < -0.4 is 15.2 Å². The Morgan fingerprint density at radius 3 is 2.71 bits per heavy atom. The van der Waals surface area contributed by atoms with Gasteiger partial charge in [-0.3, -0.25) is 9.88 Å². The van der Waals surface area contributed by atoms with Gasteiger partial charge in [0.25, 0.3) is 0 Å². The van der Waals surface area contributed by atoms with E-state index < -0.39 is 0 Å². The predicted molar refractivity (Wildman–Crippen MR) is 111 cm³/mol. The Kier molecular flexibility index (Phi) is 7.13. The van der Waals surface area contributed by atoms with Crippen LogP contribution in [-0.2, 0) is 4.74 Å². The number of rotatable bonds is 7. The van der Waals surface area contributed by atoms with E-state index in [9.17, 15) is 0 Å². The van der Waals surface area contributed by atoms with Crippen LogP contribution in [0.4, 0.5) is 0 Å². The quantitative estimate of drug-likeness (QED) is 0.760. The summed E-state index contributed by atoms with van der Waals surface area (Å²) in [5.41, 5.74) is 9.86. The molecular weight excluding hydrogens is 378 g/mol. The van der Waals surface area contributed by atoms with Crippen molar-refractivity contribution in [2.24, 2.45) is 5.73 Å². The van der Waals surface area contributed by atoms with Gasteiger partial charge in [0.15, 0.2) is 0 Å². The number of nitrogens with zero attached hydrogens (tertiary/aromatic N) is 2. The summed E-state index contributed by atoms with van der Waals surface area (Å²) in [7, 11) is 1.62. The van der Waals surface area contributed by atoms with E-state index in [2.05, 4.69) is 9.88 Å². The standard InChI is InChI=1S/C21H28ClN3O3/c1-14-19(22)11-18(15(2)23)21(28-9-6-25-4-7-27-8-5-25)20(14)16-10-17(26-3)13-24-12-16/h10-13,15H,4-9,23H2,1-3H3. The third-order valence-corrected chi connectivity index (χ3v) is 5.38. The number of methoxy groups -OCH3 is 1. The molecule has 2 aromatic rings. The summed E-state index contributed by atoms with van der Waals surface area (Å²) < 4.78 is 17.1. The van der Waals surface area contributed by atoms with Crippen LogP contribution in [0.15, 0.2) is 24.5 Å². The molecule has 2 heterocycles. The van der Waals surface area contributed by atoms with Gasteiger partial charge in [0, 0.05) is 53.6 Å². The van der Waals surface area contributed by atoms with Crippen LogP contribution >= 0.6 is 11.6 Å². The SMILES string of the molecule is COc1cncc(-c2c(C)c(Cl)cc(C(C)N)c2OCCN2CCOCC2)c1. The molecule has 0 amide bonds. The van der Waals surface area contributed by atoms with E-state index >= 15 is 0 Å². The predicted octanol–water partition coefficient (Wildman–Crippen LogP) is 3.45. The lowest BCUT2D eigenvalue weighted by molar-refractivity contribution is 0.0322. The molecule has 1 unspecified atom stereocenters. The van der Waals surface area contributed by atoms with Crippen LogP contribution in [0.25, 0.3) is 11.1 Å². The number of benzene rings is 1. The van der Waals surface area contributed by atoms with Gasteiger partial charge < -0.3 is 19.9 Å². The molecule has 1 aliphatic heterocycles. The molecule has 1 saturated heterocycles. The Hall–Kier alpha value is -1.86. The Morgan fingerprint density at radius 1 is 1.29 bits per heavy atom. The average Bonchev–Trinajstić information content (AvgIpc) is 2.71. The zero-order chi connectivity index (χ0) is 20.1.